The van der Waals surface area contributed by atoms with Gasteiger partial charge in [0.15, 0.2) is 0 Å². The lowest BCUT2D eigenvalue weighted by molar-refractivity contribution is -0.132. The number of nitrogens with two attached hydrogens (primary N) is 1. The van der Waals surface area contributed by atoms with Gasteiger partial charge < -0.3 is 15.2 Å². The van der Waals surface area contributed by atoms with E-state index in [1.54, 1.807) is 38.1 Å². The Morgan fingerprint density at radius 3 is 2.45 bits per heavy atom. The number of carbonyl (C=O) groups is 3. The summed E-state index contributed by atoms with van der Waals surface area (Å²) in [5.74, 6) is -1.19. The van der Waals surface area contributed by atoms with E-state index in [0.29, 0.717) is 17.0 Å². The number of rotatable bonds is 7. The van der Waals surface area contributed by atoms with E-state index >= 15 is 0 Å². The summed E-state index contributed by atoms with van der Waals surface area (Å²) >= 11 is 6.01. The molecule has 0 bridgehead atoms. The molecule has 2 aromatic rings. The van der Waals surface area contributed by atoms with Crippen molar-refractivity contribution in [3.05, 3.63) is 70.7 Å². The molecule has 1 aliphatic heterocycles. The van der Waals surface area contributed by atoms with Crippen molar-refractivity contribution in [2.75, 3.05) is 6.61 Å². The van der Waals surface area contributed by atoms with Crippen LogP contribution in [0.15, 0.2) is 54.6 Å². The number of hydrogen-bond acceptors (Lipinski definition) is 5. The molecule has 8 heteroatoms. The fraction of sp³-hybridized carbons (Fsp3) is 0.348. The van der Waals surface area contributed by atoms with Crippen molar-refractivity contribution < 1.29 is 23.9 Å². The van der Waals surface area contributed by atoms with E-state index in [0.717, 1.165) is 5.56 Å². The molecule has 0 aliphatic carbocycles. The third-order valence-electron chi connectivity index (χ3n) is 5.16. The van der Waals surface area contributed by atoms with Crippen LogP contribution in [0.25, 0.3) is 0 Å². The van der Waals surface area contributed by atoms with Gasteiger partial charge in [-0.05, 0) is 43.5 Å². The van der Waals surface area contributed by atoms with Crippen LogP contribution in [0.2, 0.25) is 5.02 Å². The van der Waals surface area contributed by atoms with E-state index in [-0.39, 0.29) is 13.0 Å². The van der Waals surface area contributed by atoms with E-state index in [1.807, 2.05) is 30.3 Å². The molecule has 0 aromatic heterocycles. The first kappa shape index (κ1) is 22.6. The third kappa shape index (κ3) is 5.76. The normalized spacial score (nSPS) is 17.2. The van der Waals surface area contributed by atoms with Crippen LogP contribution in [0.4, 0.5) is 9.59 Å². The summed E-state index contributed by atoms with van der Waals surface area (Å²) in [5.41, 5.74) is 5.79. The van der Waals surface area contributed by atoms with Crippen LogP contribution >= 0.6 is 11.6 Å². The zero-order chi connectivity index (χ0) is 22.6. The molecule has 2 atom stereocenters. The van der Waals surface area contributed by atoms with Gasteiger partial charge in [0.2, 0.25) is 5.91 Å². The first-order valence-electron chi connectivity index (χ1n) is 9.94. The lowest BCUT2D eigenvalue weighted by atomic mass is 9.86. The summed E-state index contributed by atoms with van der Waals surface area (Å²) in [4.78, 5) is 38.6. The SMILES string of the molecule is CC(C)(C[C@H](C(=O)N1C(=O)OC[C@@H]1Cc1ccccc1)c1ccc(Cl)cc1)OC(N)=O. The summed E-state index contributed by atoms with van der Waals surface area (Å²) in [6.07, 6.45) is -1.01. The zero-order valence-corrected chi connectivity index (χ0v) is 18.2. The monoisotopic (exact) mass is 444 g/mol. The molecule has 0 unspecified atom stereocenters. The van der Waals surface area contributed by atoms with Crippen LogP contribution in [0.5, 0.6) is 0 Å². The van der Waals surface area contributed by atoms with E-state index in [4.69, 9.17) is 26.8 Å². The predicted octanol–water partition coefficient (Wildman–Crippen LogP) is 4.28. The minimum Gasteiger partial charge on any atom is -0.447 e. The Hall–Kier alpha value is -3.06. The summed E-state index contributed by atoms with van der Waals surface area (Å²) in [5, 5.41) is 0.519. The van der Waals surface area contributed by atoms with Crippen molar-refractivity contribution in [1.82, 2.24) is 4.90 Å². The first-order valence-corrected chi connectivity index (χ1v) is 10.3. The van der Waals surface area contributed by atoms with Crippen molar-refractivity contribution in [1.29, 1.82) is 0 Å². The van der Waals surface area contributed by atoms with E-state index in [9.17, 15) is 14.4 Å². The zero-order valence-electron chi connectivity index (χ0n) is 17.4. The molecule has 164 valence electrons. The Labute approximate surface area is 186 Å². The van der Waals surface area contributed by atoms with Gasteiger partial charge in [0.05, 0.1) is 12.0 Å². The Bertz CT molecular complexity index is 946. The fourth-order valence-corrected chi connectivity index (χ4v) is 3.91. The maximum absolute atomic E-state index is 13.6. The lowest BCUT2D eigenvalue weighted by Crippen LogP contribution is -2.45. The first-order chi connectivity index (χ1) is 14.7. The molecule has 0 saturated carbocycles. The van der Waals surface area contributed by atoms with Crippen LogP contribution in [0.3, 0.4) is 0 Å². The highest BCUT2D eigenvalue weighted by molar-refractivity contribution is 6.30. The fourth-order valence-electron chi connectivity index (χ4n) is 3.78. The number of hydrogen-bond donors (Lipinski definition) is 1. The van der Waals surface area contributed by atoms with Gasteiger partial charge in [-0.1, -0.05) is 54.1 Å². The molecule has 0 radical (unpaired) electrons. The van der Waals surface area contributed by atoms with E-state index < -0.39 is 35.7 Å². The maximum atomic E-state index is 13.6. The van der Waals surface area contributed by atoms with Gasteiger partial charge in [0.25, 0.3) is 0 Å². The predicted molar refractivity (Wildman–Crippen MR) is 116 cm³/mol. The average molecular weight is 445 g/mol. The number of cyclic esters (lactones) is 1. The number of carbonyl (C=O) groups excluding carboxylic acids is 3. The lowest BCUT2D eigenvalue weighted by Gasteiger charge is -2.31. The van der Waals surface area contributed by atoms with Crippen LogP contribution < -0.4 is 5.73 Å². The van der Waals surface area contributed by atoms with Crippen LogP contribution in [0, 0.1) is 0 Å². The molecule has 1 fully saturated rings. The molecule has 2 aromatic carbocycles. The number of ether oxygens (including phenoxy) is 2. The highest BCUT2D eigenvalue weighted by Crippen LogP contribution is 2.33. The molecule has 31 heavy (non-hydrogen) atoms. The smallest absolute Gasteiger partial charge is 0.417 e. The Morgan fingerprint density at radius 2 is 1.84 bits per heavy atom. The van der Waals surface area contributed by atoms with E-state index in [2.05, 4.69) is 0 Å². The highest BCUT2D eigenvalue weighted by atomic mass is 35.5. The molecule has 3 amide bonds. The van der Waals surface area contributed by atoms with Gasteiger partial charge in [-0.3, -0.25) is 4.79 Å². The summed E-state index contributed by atoms with van der Waals surface area (Å²) in [6.45, 7) is 3.45. The molecule has 1 saturated heterocycles. The van der Waals surface area contributed by atoms with Crippen molar-refractivity contribution in [2.24, 2.45) is 5.73 Å². The molecule has 1 heterocycles. The van der Waals surface area contributed by atoms with Gasteiger partial charge in [-0.2, -0.15) is 0 Å². The van der Waals surface area contributed by atoms with Crippen molar-refractivity contribution in [3.8, 4) is 0 Å². The Morgan fingerprint density at radius 1 is 1.19 bits per heavy atom. The largest absolute Gasteiger partial charge is 0.447 e. The maximum Gasteiger partial charge on any atom is 0.417 e. The van der Waals surface area contributed by atoms with Gasteiger partial charge in [-0.15, -0.1) is 0 Å². The number of imide groups is 1. The summed E-state index contributed by atoms with van der Waals surface area (Å²) in [6, 6.07) is 15.9. The topological polar surface area (TPSA) is 98.9 Å². The number of primary amides is 1. The van der Waals surface area contributed by atoms with Crippen LogP contribution in [0.1, 0.15) is 37.3 Å². The quantitative estimate of drug-likeness (QED) is 0.687. The van der Waals surface area contributed by atoms with Crippen molar-refractivity contribution in [2.45, 2.75) is 44.2 Å². The van der Waals surface area contributed by atoms with Gasteiger partial charge in [0.1, 0.15) is 12.2 Å². The minimum absolute atomic E-state index is 0.119. The summed E-state index contributed by atoms with van der Waals surface area (Å²) < 4.78 is 10.4. The molecule has 1 aliphatic rings. The molecular weight excluding hydrogens is 420 g/mol. The number of amides is 3. The van der Waals surface area contributed by atoms with Crippen LogP contribution in [-0.4, -0.2) is 41.2 Å². The van der Waals surface area contributed by atoms with E-state index in [1.165, 1.54) is 4.90 Å². The molecule has 7 nitrogen and oxygen atoms in total. The van der Waals surface area contributed by atoms with Gasteiger partial charge >= 0.3 is 12.2 Å². The van der Waals surface area contributed by atoms with Crippen LogP contribution in [-0.2, 0) is 20.7 Å². The number of benzene rings is 2. The second-order valence-electron chi connectivity index (χ2n) is 8.12. The highest BCUT2D eigenvalue weighted by Gasteiger charge is 2.43. The third-order valence-corrected chi connectivity index (χ3v) is 5.41. The number of nitrogens with zero attached hydrogens (tertiary/aromatic N) is 1. The minimum atomic E-state index is -1.04. The second-order valence-corrected chi connectivity index (χ2v) is 8.55. The van der Waals surface area contributed by atoms with Gasteiger partial charge in [-0.25, -0.2) is 14.5 Å². The molecule has 0 spiro atoms. The second kappa shape index (κ2) is 9.39. The van der Waals surface area contributed by atoms with Gasteiger partial charge in [0, 0.05) is 11.4 Å². The molecule has 3 rings (SSSR count). The van der Waals surface area contributed by atoms with Crippen molar-refractivity contribution in [3.63, 3.8) is 0 Å². The Kier molecular flexibility index (Phi) is 6.85. The Balaban J connectivity index is 1.90. The summed E-state index contributed by atoms with van der Waals surface area (Å²) in [7, 11) is 0. The standard InChI is InChI=1S/C23H25ClN2O5/c1-23(2,31-21(25)28)13-19(16-8-10-17(24)11-9-16)20(27)26-18(14-30-22(26)29)12-15-6-4-3-5-7-15/h3-11,18-19H,12-14H2,1-2H3,(H2,25,28)/t18-,19-/m0/s1. The molecule has 2 N–H and O–H groups in total. The molecular formula is C23H25ClN2O5. The average Bonchev–Trinajstić information content (AvgIpc) is 3.06. The van der Waals surface area contributed by atoms with Crippen molar-refractivity contribution >= 4 is 29.7 Å². The number of halogens is 1.